The Balaban J connectivity index is 1.99. The first-order chi connectivity index (χ1) is 9.15. The largest absolute Gasteiger partial charge is 0.362 e. The molecule has 96 valence electrons. The molecule has 2 nitrogen and oxygen atoms in total. The van der Waals surface area contributed by atoms with E-state index in [-0.39, 0.29) is 5.78 Å². The molecule has 3 heteroatoms. The van der Waals surface area contributed by atoms with E-state index in [4.69, 9.17) is 11.6 Å². The molecule has 0 saturated heterocycles. The standard InChI is InChI=1S/C16H14ClNO/c1-12-5-7-15(8-6-12)18-10-9-16(19)13-3-2-4-14(17)11-13/h2-11,18H,1H3/b10-9+. The molecule has 0 heterocycles. The molecule has 0 aliphatic carbocycles. The number of nitrogens with one attached hydrogen (secondary N) is 1. The number of benzene rings is 2. The van der Waals surface area contributed by atoms with Crippen molar-refractivity contribution >= 4 is 23.1 Å². The summed E-state index contributed by atoms with van der Waals surface area (Å²) in [5.41, 5.74) is 2.72. The van der Waals surface area contributed by atoms with Crippen molar-refractivity contribution in [3.8, 4) is 0 Å². The third-order valence-electron chi connectivity index (χ3n) is 2.65. The summed E-state index contributed by atoms with van der Waals surface area (Å²) in [5.74, 6) is -0.0814. The maximum atomic E-state index is 11.9. The lowest BCUT2D eigenvalue weighted by molar-refractivity contribution is 0.104. The van der Waals surface area contributed by atoms with Gasteiger partial charge in [-0.05, 0) is 31.2 Å². The average Bonchev–Trinajstić information content (AvgIpc) is 2.41. The Labute approximate surface area is 117 Å². The molecule has 0 saturated carbocycles. The van der Waals surface area contributed by atoms with E-state index in [1.54, 1.807) is 30.5 Å². The monoisotopic (exact) mass is 271 g/mol. The van der Waals surface area contributed by atoms with E-state index in [1.807, 2.05) is 31.2 Å². The van der Waals surface area contributed by atoms with Gasteiger partial charge in [-0.1, -0.05) is 41.4 Å². The van der Waals surface area contributed by atoms with Crippen LogP contribution in [-0.4, -0.2) is 5.78 Å². The van der Waals surface area contributed by atoms with E-state index >= 15 is 0 Å². The molecular formula is C16H14ClNO. The lowest BCUT2D eigenvalue weighted by Crippen LogP contribution is -1.96. The van der Waals surface area contributed by atoms with Gasteiger partial charge in [-0.2, -0.15) is 0 Å². The van der Waals surface area contributed by atoms with Crippen LogP contribution < -0.4 is 5.32 Å². The second kappa shape index (κ2) is 6.21. The number of rotatable bonds is 4. The number of allylic oxidation sites excluding steroid dienone is 1. The van der Waals surface area contributed by atoms with Crippen LogP contribution in [0.25, 0.3) is 0 Å². The number of hydrogen-bond donors (Lipinski definition) is 1. The fourth-order valence-corrected chi connectivity index (χ4v) is 1.79. The zero-order valence-electron chi connectivity index (χ0n) is 10.6. The van der Waals surface area contributed by atoms with Crippen LogP contribution in [-0.2, 0) is 0 Å². The second-order valence-electron chi connectivity index (χ2n) is 4.22. The van der Waals surface area contributed by atoms with Gasteiger partial charge in [0.2, 0.25) is 0 Å². The Morgan fingerprint density at radius 3 is 2.58 bits per heavy atom. The van der Waals surface area contributed by atoms with E-state index < -0.39 is 0 Å². The van der Waals surface area contributed by atoms with Gasteiger partial charge in [0.25, 0.3) is 0 Å². The van der Waals surface area contributed by atoms with Crippen molar-refractivity contribution in [2.24, 2.45) is 0 Å². The summed E-state index contributed by atoms with van der Waals surface area (Å²) >= 11 is 5.84. The number of hydrogen-bond acceptors (Lipinski definition) is 2. The third-order valence-corrected chi connectivity index (χ3v) is 2.88. The van der Waals surface area contributed by atoms with Crippen LogP contribution in [0.3, 0.4) is 0 Å². The fourth-order valence-electron chi connectivity index (χ4n) is 1.60. The summed E-state index contributed by atoms with van der Waals surface area (Å²) in [6, 6.07) is 14.8. The van der Waals surface area contributed by atoms with Crippen molar-refractivity contribution in [3.63, 3.8) is 0 Å². The normalized spacial score (nSPS) is 10.6. The Morgan fingerprint density at radius 1 is 1.16 bits per heavy atom. The first-order valence-electron chi connectivity index (χ1n) is 5.95. The number of anilines is 1. The molecule has 2 rings (SSSR count). The minimum Gasteiger partial charge on any atom is -0.362 e. The molecule has 0 aliphatic heterocycles. The highest BCUT2D eigenvalue weighted by atomic mass is 35.5. The minimum absolute atomic E-state index is 0.0814. The van der Waals surface area contributed by atoms with Gasteiger partial charge in [0.15, 0.2) is 5.78 Å². The van der Waals surface area contributed by atoms with E-state index in [0.717, 1.165) is 5.69 Å². The van der Waals surface area contributed by atoms with Gasteiger partial charge in [-0.25, -0.2) is 0 Å². The predicted octanol–water partition coefficient (Wildman–Crippen LogP) is 4.46. The summed E-state index contributed by atoms with van der Waals surface area (Å²) in [5, 5.41) is 3.61. The molecule has 0 aromatic heterocycles. The van der Waals surface area contributed by atoms with Crippen LogP contribution in [0, 0.1) is 6.92 Å². The summed E-state index contributed by atoms with van der Waals surface area (Å²) in [4.78, 5) is 11.9. The Hall–Kier alpha value is -2.06. The quantitative estimate of drug-likeness (QED) is 0.657. The SMILES string of the molecule is Cc1ccc(N/C=C/C(=O)c2cccc(Cl)c2)cc1. The zero-order valence-corrected chi connectivity index (χ0v) is 11.3. The van der Waals surface area contributed by atoms with Gasteiger partial charge in [0, 0.05) is 28.5 Å². The van der Waals surface area contributed by atoms with E-state index in [9.17, 15) is 4.79 Å². The molecule has 19 heavy (non-hydrogen) atoms. The Morgan fingerprint density at radius 2 is 1.89 bits per heavy atom. The molecule has 2 aromatic carbocycles. The van der Waals surface area contributed by atoms with Crippen LogP contribution in [0.15, 0.2) is 60.8 Å². The molecular weight excluding hydrogens is 258 g/mol. The highest BCUT2D eigenvalue weighted by molar-refractivity contribution is 6.31. The van der Waals surface area contributed by atoms with Crippen LogP contribution in [0.5, 0.6) is 0 Å². The molecule has 0 bridgehead atoms. The van der Waals surface area contributed by atoms with Crippen molar-refractivity contribution in [1.82, 2.24) is 0 Å². The van der Waals surface area contributed by atoms with Gasteiger partial charge in [0.1, 0.15) is 0 Å². The van der Waals surface area contributed by atoms with Crippen molar-refractivity contribution in [2.75, 3.05) is 5.32 Å². The van der Waals surface area contributed by atoms with Crippen molar-refractivity contribution in [1.29, 1.82) is 0 Å². The second-order valence-corrected chi connectivity index (χ2v) is 4.65. The molecule has 0 unspecified atom stereocenters. The van der Waals surface area contributed by atoms with Crippen LogP contribution in [0.2, 0.25) is 5.02 Å². The zero-order chi connectivity index (χ0) is 13.7. The topological polar surface area (TPSA) is 29.1 Å². The van der Waals surface area contributed by atoms with Gasteiger partial charge in [0.05, 0.1) is 0 Å². The predicted molar refractivity (Wildman–Crippen MR) is 79.7 cm³/mol. The number of halogens is 1. The molecule has 0 radical (unpaired) electrons. The Bertz CT molecular complexity index is 602. The average molecular weight is 272 g/mol. The van der Waals surface area contributed by atoms with Gasteiger partial charge < -0.3 is 5.32 Å². The van der Waals surface area contributed by atoms with Gasteiger partial charge in [-0.3, -0.25) is 4.79 Å². The molecule has 0 spiro atoms. The Kier molecular flexibility index (Phi) is 4.37. The smallest absolute Gasteiger partial charge is 0.187 e. The highest BCUT2D eigenvalue weighted by Crippen LogP contribution is 2.12. The van der Waals surface area contributed by atoms with Crippen LogP contribution >= 0.6 is 11.6 Å². The molecule has 0 atom stereocenters. The van der Waals surface area contributed by atoms with E-state index in [0.29, 0.717) is 10.6 Å². The van der Waals surface area contributed by atoms with Gasteiger partial charge >= 0.3 is 0 Å². The lowest BCUT2D eigenvalue weighted by Gasteiger charge is -2.01. The number of carbonyl (C=O) groups excluding carboxylic acids is 1. The van der Waals surface area contributed by atoms with Crippen molar-refractivity contribution < 1.29 is 4.79 Å². The van der Waals surface area contributed by atoms with Crippen molar-refractivity contribution in [2.45, 2.75) is 6.92 Å². The first-order valence-corrected chi connectivity index (χ1v) is 6.32. The molecule has 0 amide bonds. The first kappa shape index (κ1) is 13.4. The van der Waals surface area contributed by atoms with Crippen LogP contribution in [0.4, 0.5) is 5.69 Å². The molecule has 0 fully saturated rings. The number of aryl methyl sites for hydroxylation is 1. The van der Waals surface area contributed by atoms with E-state index in [1.165, 1.54) is 11.6 Å². The summed E-state index contributed by atoms with van der Waals surface area (Å²) in [6.45, 7) is 2.03. The maximum Gasteiger partial charge on any atom is 0.187 e. The minimum atomic E-state index is -0.0814. The number of ketones is 1. The summed E-state index contributed by atoms with van der Waals surface area (Å²) in [6.07, 6.45) is 3.12. The molecule has 2 aromatic rings. The number of carbonyl (C=O) groups is 1. The molecule has 0 aliphatic rings. The maximum absolute atomic E-state index is 11.9. The lowest BCUT2D eigenvalue weighted by atomic mass is 10.1. The summed E-state index contributed by atoms with van der Waals surface area (Å²) in [7, 11) is 0. The van der Waals surface area contributed by atoms with Gasteiger partial charge in [-0.15, -0.1) is 0 Å². The fraction of sp³-hybridized carbons (Fsp3) is 0.0625. The summed E-state index contributed by atoms with van der Waals surface area (Å²) < 4.78 is 0. The van der Waals surface area contributed by atoms with Crippen LogP contribution in [0.1, 0.15) is 15.9 Å². The highest BCUT2D eigenvalue weighted by Gasteiger charge is 2.01. The third kappa shape index (κ3) is 3.97. The van der Waals surface area contributed by atoms with Crippen molar-refractivity contribution in [3.05, 3.63) is 77.0 Å². The molecule has 1 N–H and O–H groups in total. The van der Waals surface area contributed by atoms with E-state index in [2.05, 4.69) is 5.32 Å².